The van der Waals surface area contributed by atoms with E-state index in [9.17, 15) is 18.0 Å². The number of carbonyl (C=O) groups excluding carboxylic acids is 1. The van der Waals surface area contributed by atoms with Crippen molar-refractivity contribution in [1.82, 2.24) is 14.8 Å². The number of carbonyl (C=O) groups is 1. The van der Waals surface area contributed by atoms with Crippen molar-refractivity contribution >= 4 is 5.91 Å². The summed E-state index contributed by atoms with van der Waals surface area (Å²) in [5.74, 6) is -0.372. The van der Waals surface area contributed by atoms with Gasteiger partial charge in [0.05, 0.1) is 0 Å². The molecule has 106 valence electrons. The van der Waals surface area contributed by atoms with E-state index in [4.69, 9.17) is 0 Å². The van der Waals surface area contributed by atoms with E-state index >= 15 is 0 Å². The monoisotopic (exact) mass is 275 g/mol. The van der Waals surface area contributed by atoms with Crippen LogP contribution in [0.3, 0.4) is 0 Å². The lowest BCUT2D eigenvalue weighted by Gasteiger charge is -2.24. The molecule has 1 N–H and O–H groups in total. The molecular formula is C12H16F3N3O. The summed E-state index contributed by atoms with van der Waals surface area (Å²) in [6.45, 7) is 0.367. The minimum atomic E-state index is -4.33. The lowest BCUT2D eigenvalue weighted by atomic mass is 10.2. The van der Waals surface area contributed by atoms with Gasteiger partial charge in [-0.05, 0) is 25.1 Å². The third-order valence-electron chi connectivity index (χ3n) is 3.30. The molecule has 2 heterocycles. The van der Waals surface area contributed by atoms with E-state index in [2.05, 4.69) is 5.32 Å². The molecule has 1 unspecified atom stereocenters. The third kappa shape index (κ3) is 3.28. The van der Waals surface area contributed by atoms with Crippen LogP contribution in [0.15, 0.2) is 18.3 Å². The molecule has 4 nitrogen and oxygen atoms in total. The summed E-state index contributed by atoms with van der Waals surface area (Å²) in [6.07, 6.45) is -2.23. The van der Waals surface area contributed by atoms with Crippen molar-refractivity contribution in [3.63, 3.8) is 0 Å². The van der Waals surface area contributed by atoms with E-state index in [1.807, 2.05) is 0 Å². The van der Waals surface area contributed by atoms with Gasteiger partial charge in [0.1, 0.15) is 12.2 Å². The highest BCUT2D eigenvalue weighted by atomic mass is 19.4. The van der Waals surface area contributed by atoms with Crippen LogP contribution in [0.1, 0.15) is 16.9 Å². The predicted molar refractivity (Wildman–Crippen MR) is 63.9 cm³/mol. The van der Waals surface area contributed by atoms with Crippen LogP contribution in [0.5, 0.6) is 0 Å². The van der Waals surface area contributed by atoms with Gasteiger partial charge >= 0.3 is 6.18 Å². The van der Waals surface area contributed by atoms with Crippen molar-refractivity contribution in [2.45, 2.75) is 25.2 Å². The fourth-order valence-corrected chi connectivity index (χ4v) is 2.26. The van der Waals surface area contributed by atoms with Gasteiger partial charge in [0.25, 0.3) is 5.91 Å². The van der Waals surface area contributed by atoms with Crippen molar-refractivity contribution < 1.29 is 18.0 Å². The molecular weight excluding hydrogens is 259 g/mol. The zero-order valence-corrected chi connectivity index (χ0v) is 10.6. The van der Waals surface area contributed by atoms with Crippen LogP contribution >= 0.6 is 0 Å². The van der Waals surface area contributed by atoms with Crippen molar-refractivity contribution in [1.29, 1.82) is 0 Å². The molecule has 0 aromatic carbocycles. The molecule has 0 radical (unpaired) electrons. The molecule has 1 aliphatic heterocycles. The second kappa shape index (κ2) is 5.24. The zero-order valence-electron chi connectivity index (χ0n) is 10.6. The average molecular weight is 275 g/mol. The van der Waals surface area contributed by atoms with Crippen LogP contribution in [0.25, 0.3) is 0 Å². The van der Waals surface area contributed by atoms with E-state index < -0.39 is 12.7 Å². The molecule has 0 bridgehead atoms. The number of alkyl halides is 3. The fourth-order valence-electron chi connectivity index (χ4n) is 2.26. The van der Waals surface area contributed by atoms with Gasteiger partial charge in [0, 0.05) is 25.8 Å². The Morgan fingerprint density at radius 3 is 2.89 bits per heavy atom. The van der Waals surface area contributed by atoms with Crippen molar-refractivity contribution in [3.8, 4) is 0 Å². The first-order valence-electron chi connectivity index (χ1n) is 6.08. The van der Waals surface area contributed by atoms with E-state index in [0.717, 1.165) is 17.5 Å². The number of rotatable bonds is 3. The van der Waals surface area contributed by atoms with Crippen LogP contribution < -0.4 is 5.32 Å². The summed E-state index contributed by atoms with van der Waals surface area (Å²) in [6, 6.07) is 2.92. The number of nitrogens with one attached hydrogen (secondary N) is 1. The first-order valence-corrected chi connectivity index (χ1v) is 6.08. The number of nitrogens with zero attached hydrogens (tertiary/aromatic N) is 2. The smallest absolute Gasteiger partial charge is 0.336 e. The summed E-state index contributed by atoms with van der Waals surface area (Å²) in [5.41, 5.74) is 0.0757. The number of halogens is 3. The van der Waals surface area contributed by atoms with Crippen molar-refractivity contribution in [2.75, 3.05) is 20.1 Å². The molecule has 1 aromatic heterocycles. The summed E-state index contributed by atoms with van der Waals surface area (Å²) in [7, 11) is 1.63. The Labute approximate surface area is 109 Å². The number of amides is 1. The van der Waals surface area contributed by atoms with Gasteiger partial charge in [0.2, 0.25) is 0 Å². The molecule has 19 heavy (non-hydrogen) atoms. The Morgan fingerprint density at radius 1 is 1.58 bits per heavy atom. The van der Waals surface area contributed by atoms with Gasteiger partial charge in [-0.1, -0.05) is 0 Å². The second-order valence-electron chi connectivity index (χ2n) is 4.70. The Kier molecular flexibility index (Phi) is 3.84. The molecule has 1 aliphatic rings. The van der Waals surface area contributed by atoms with Crippen LogP contribution in [0.4, 0.5) is 13.2 Å². The van der Waals surface area contributed by atoms with Crippen molar-refractivity contribution in [2.24, 2.45) is 0 Å². The minimum absolute atomic E-state index is 0.0433. The van der Waals surface area contributed by atoms with Gasteiger partial charge in [-0.2, -0.15) is 13.2 Å². The van der Waals surface area contributed by atoms with Gasteiger partial charge < -0.3 is 14.8 Å². The number of aromatic nitrogens is 1. The standard InChI is InChI=1S/C12H16F3N3O/c1-17(9-4-5-16-7-9)11(19)10-3-2-6-18(10)8-12(13,14)15/h2-3,6,9,16H,4-5,7-8H2,1H3. The molecule has 1 atom stereocenters. The van der Waals surface area contributed by atoms with Crippen LogP contribution in [-0.2, 0) is 6.54 Å². The van der Waals surface area contributed by atoms with E-state index in [1.165, 1.54) is 23.2 Å². The highest BCUT2D eigenvalue weighted by Gasteiger charge is 2.31. The fraction of sp³-hybridized carbons (Fsp3) is 0.583. The van der Waals surface area contributed by atoms with Crippen molar-refractivity contribution in [3.05, 3.63) is 24.0 Å². The molecule has 1 aromatic rings. The quantitative estimate of drug-likeness (QED) is 0.907. The predicted octanol–water partition coefficient (Wildman–Crippen LogP) is 1.48. The summed E-state index contributed by atoms with van der Waals surface area (Å²) >= 11 is 0. The van der Waals surface area contributed by atoms with Gasteiger partial charge in [0.15, 0.2) is 0 Å². The van der Waals surface area contributed by atoms with E-state index in [1.54, 1.807) is 7.05 Å². The second-order valence-corrected chi connectivity index (χ2v) is 4.70. The third-order valence-corrected chi connectivity index (χ3v) is 3.30. The first-order chi connectivity index (χ1) is 8.88. The van der Waals surface area contributed by atoms with Gasteiger partial charge in [-0.15, -0.1) is 0 Å². The molecule has 0 spiro atoms. The highest BCUT2D eigenvalue weighted by Crippen LogP contribution is 2.20. The summed E-state index contributed by atoms with van der Waals surface area (Å²) in [4.78, 5) is 13.7. The van der Waals surface area contributed by atoms with Gasteiger partial charge in [-0.3, -0.25) is 4.79 Å². The average Bonchev–Trinajstić information content (AvgIpc) is 2.95. The first kappa shape index (κ1) is 13.9. The maximum Gasteiger partial charge on any atom is 0.406 e. The number of hydrogen-bond acceptors (Lipinski definition) is 2. The van der Waals surface area contributed by atoms with E-state index in [0.29, 0.717) is 6.54 Å². The van der Waals surface area contributed by atoms with Crippen LogP contribution in [0.2, 0.25) is 0 Å². The molecule has 1 fully saturated rings. The maximum atomic E-state index is 12.4. The van der Waals surface area contributed by atoms with Crippen LogP contribution in [0, 0.1) is 0 Å². The van der Waals surface area contributed by atoms with E-state index in [-0.39, 0.29) is 17.6 Å². The largest absolute Gasteiger partial charge is 0.406 e. The summed E-state index contributed by atoms with van der Waals surface area (Å²) in [5, 5.41) is 3.13. The minimum Gasteiger partial charge on any atom is -0.336 e. The normalized spacial score (nSPS) is 19.7. The summed E-state index contributed by atoms with van der Waals surface area (Å²) < 4.78 is 38.2. The molecule has 0 aliphatic carbocycles. The number of hydrogen-bond donors (Lipinski definition) is 1. The lowest BCUT2D eigenvalue weighted by Crippen LogP contribution is -2.39. The molecule has 2 rings (SSSR count). The maximum absolute atomic E-state index is 12.4. The molecule has 0 saturated carbocycles. The Bertz CT molecular complexity index is 449. The molecule has 7 heteroatoms. The molecule has 1 saturated heterocycles. The SMILES string of the molecule is CN(C(=O)c1cccn1CC(F)(F)F)C1CCNC1. The van der Waals surface area contributed by atoms with Gasteiger partial charge in [-0.25, -0.2) is 0 Å². The number of likely N-dealkylation sites (N-methyl/N-ethyl adjacent to an activating group) is 1. The Hall–Kier alpha value is -1.50. The Morgan fingerprint density at radius 2 is 2.32 bits per heavy atom. The zero-order chi connectivity index (χ0) is 14.0. The molecule has 1 amide bonds. The Balaban J connectivity index is 2.12. The highest BCUT2D eigenvalue weighted by molar-refractivity contribution is 5.92. The lowest BCUT2D eigenvalue weighted by molar-refractivity contribution is -0.140. The topological polar surface area (TPSA) is 37.3 Å². The van der Waals surface area contributed by atoms with Crippen LogP contribution in [-0.4, -0.2) is 47.7 Å².